The zero-order chi connectivity index (χ0) is 13.3. The van der Waals surface area contributed by atoms with Gasteiger partial charge in [0.1, 0.15) is 0 Å². The van der Waals surface area contributed by atoms with Gasteiger partial charge in [-0.05, 0) is 0 Å². The normalized spacial score (nSPS) is 27.0. The molecule has 0 aliphatic carbocycles. The van der Waals surface area contributed by atoms with E-state index in [9.17, 15) is 9.59 Å². The van der Waals surface area contributed by atoms with Gasteiger partial charge in [0.05, 0.1) is 0 Å². The molecular formula is C10H10AsNO4S2. The van der Waals surface area contributed by atoms with Crippen molar-refractivity contribution in [3.8, 4) is 0 Å². The summed E-state index contributed by atoms with van der Waals surface area (Å²) in [7, 11) is 2.60. The zero-order valence-electron chi connectivity index (χ0n) is 9.02. The Morgan fingerprint density at radius 1 is 1.06 bits per heavy atom. The number of anilines is 1. The first kappa shape index (κ1) is 13.6. The van der Waals surface area contributed by atoms with Gasteiger partial charge in [0, 0.05) is 0 Å². The summed E-state index contributed by atoms with van der Waals surface area (Å²) in [5.41, 5.74) is 6.24. The molecule has 1 aliphatic heterocycles. The predicted molar refractivity (Wildman–Crippen MR) is 74.3 cm³/mol. The Bertz CT molecular complexity index is 459. The molecule has 8 heteroatoms. The van der Waals surface area contributed by atoms with E-state index in [1.165, 1.54) is 20.0 Å². The quantitative estimate of drug-likeness (QED) is 0.536. The Balaban J connectivity index is 2.20. The number of rotatable bonds is 3. The van der Waals surface area contributed by atoms with Crippen LogP contribution in [-0.2, 0) is 9.59 Å². The first-order valence-corrected chi connectivity index (χ1v) is 12.1. The average molecular weight is 347 g/mol. The molecule has 96 valence electrons. The van der Waals surface area contributed by atoms with E-state index >= 15 is 0 Å². The molecule has 1 aromatic carbocycles. The molecule has 2 rings (SSSR count). The predicted octanol–water partition coefficient (Wildman–Crippen LogP) is 0.350. The molecule has 2 unspecified atom stereocenters. The number of carboxylic acids is 2. The summed E-state index contributed by atoms with van der Waals surface area (Å²) in [4.78, 5) is 22.1. The van der Waals surface area contributed by atoms with Crippen LogP contribution in [0.1, 0.15) is 0 Å². The van der Waals surface area contributed by atoms with Gasteiger partial charge in [0.2, 0.25) is 0 Å². The van der Waals surface area contributed by atoms with Gasteiger partial charge in [-0.2, -0.15) is 0 Å². The second-order valence-electron chi connectivity index (χ2n) is 3.58. The van der Waals surface area contributed by atoms with Crippen LogP contribution in [0.4, 0.5) is 5.69 Å². The van der Waals surface area contributed by atoms with Gasteiger partial charge in [0.15, 0.2) is 0 Å². The van der Waals surface area contributed by atoms with Gasteiger partial charge in [0.25, 0.3) is 0 Å². The Kier molecular flexibility index (Phi) is 4.14. The Morgan fingerprint density at radius 3 is 1.89 bits per heavy atom. The van der Waals surface area contributed by atoms with Crippen LogP contribution in [0.15, 0.2) is 24.3 Å². The zero-order valence-corrected chi connectivity index (χ0v) is 12.5. The molecule has 2 atom stereocenters. The van der Waals surface area contributed by atoms with Gasteiger partial charge in [-0.15, -0.1) is 0 Å². The van der Waals surface area contributed by atoms with Crippen LogP contribution >= 0.6 is 20.0 Å². The van der Waals surface area contributed by atoms with Crippen molar-refractivity contribution in [3.05, 3.63) is 24.3 Å². The standard InChI is InChI=1S/C10H10AsNO4S2/c12-6-3-1-5(2-4-6)11-17-7(9(13)14)8(18-11)10(15)16/h1-4,7-8H,12H2,(H,13,14)(H,15,16). The fourth-order valence-corrected chi connectivity index (χ4v) is 17.0. The molecule has 4 N–H and O–H groups in total. The van der Waals surface area contributed by atoms with Crippen molar-refractivity contribution in [2.75, 3.05) is 5.73 Å². The number of hydrogen-bond acceptors (Lipinski definition) is 5. The van der Waals surface area contributed by atoms with E-state index in [2.05, 4.69) is 0 Å². The molecule has 1 aromatic rings. The second-order valence-corrected chi connectivity index (χ2v) is 14.8. The molecule has 1 saturated heterocycles. The van der Waals surface area contributed by atoms with Crippen molar-refractivity contribution < 1.29 is 19.8 Å². The third-order valence-electron chi connectivity index (χ3n) is 2.28. The maximum absolute atomic E-state index is 11.1. The Hall–Kier alpha value is -0.782. The summed E-state index contributed by atoms with van der Waals surface area (Å²) in [6, 6.07) is 7.24. The topological polar surface area (TPSA) is 101 Å². The molecule has 0 saturated carbocycles. The fourth-order valence-electron chi connectivity index (χ4n) is 1.41. The van der Waals surface area contributed by atoms with E-state index in [0.29, 0.717) is 5.69 Å². The summed E-state index contributed by atoms with van der Waals surface area (Å²) in [5.74, 6) is -2.10. The number of nitrogens with two attached hydrogens (primary N) is 1. The van der Waals surface area contributed by atoms with Crippen molar-refractivity contribution in [2.24, 2.45) is 0 Å². The van der Waals surface area contributed by atoms with Gasteiger partial charge < -0.3 is 0 Å². The van der Waals surface area contributed by atoms with Crippen LogP contribution in [0.3, 0.4) is 0 Å². The van der Waals surface area contributed by atoms with Crippen LogP contribution in [0.2, 0.25) is 0 Å². The number of aliphatic carboxylic acids is 2. The monoisotopic (exact) mass is 347 g/mol. The first-order valence-electron chi connectivity index (χ1n) is 4.94. The summed E-state index contributed by atoms with van der Waals surface area (Å²) >= 11 is -1.75. The van der Waals surface area contributed by atoms with Crippen LogP contribution in [-0.4, -0.2) is 45.0 Å². The third-order valence-corrected chi connectivity index (χ3v) is 15.9. The maximum atomic E-state index is 11.1. The van der Waals surface area contributed by atoms with E-state index in [1.807, 2.05) is 12.1 Å². The van der Waals surface area contributed by atoms with Crippen molar-refractivity contribution in [3.63, 3.8) is 0 Å². The first-order chi connectivity index (χ1) is 8.49. The SMILES string of the molecule is Nc1ccc([As]2SC(C(=O)O)C(C(=O)O)S2)cc1. The minimum absolute atomic E-state index is 0.645. The molecule has 0 aromatic heterocycles. The number of nitrogen functional groups attached to an aromatic ring is 1. The van der Waals surface area contributed by atoms with Crippen LogP contribution in [0.5, 0.6) is 0 Å². The van der Waals surface area contributed by atoms with Gasteiger partial charge in [-0.25, -0.2) is 0 Å². The molecule has 1 aliphatic rings. The van der Waals surface area contributed by atoms with E-state index in [1.54, 1.807) is 12.1 Å². The molecule has 1 fully saturated rings. The van der Waals surface area contributed by atoms with Crippen molar-refractivity contribution in [1.82, 2.24) is 0 Å². The summed E-state index contributed by atoms with van der Waals surface area (Å²) in [6.45, 7) is 0. The molecular weight excluding hydrogens is 337 g/mol. The molecule has 18 heavy (non-hydrogen) atoms. The van der Waals surface area contributed by atoms with Crippen LogP contribution < -0.4 is 10.1 Å². The number of hydrogen-bond donors (Lipinski definition) is 3. The Morgan fingerprint density at radius 2 is 1.50 bits per heavy atom. The molecule has 0 radical (unpaired) electrons. The van der Waals surface area contributed by atoms with Gasteiger partial charge in [-0.3, -0.25) is 0 Å². The second kappa shape index (κ2) is 5.46. The van der Waals surface area contributed by atoms with Crippen LogP contribution in [0.25, 0.3) is 0 Å². The van der Waals surface area contributed by atoms with Gasteiger partial charge >= 0.3 is 115 Å². The summed E-state index contributed by atoms with van der Waals surface area (Å²) in [5, 5.41) is 16.4. The van der Waals surface area contributed by atoms with Crippen molar-refractivity contribution in [1.29, 1.82) is 0 Å². The fraction of sp³-hybridized carbons (Fsp3) is 0.200. The number of carbonyl (C=O) groups is 2. The minimum atomic E-state index is -1.75. The molecule has 5 nitrogen and oxygen atoms in total. The average Bonchev–Trinajstić information content (AvgIpc) is 2.75. The van der Waals surface area contributed by atoms with E-state index < -0.39 is 34.8 Å². The van der Waals surface area contributed by atoms with E-state index in [0.717, 1.165) is 4.35 Å². The number of carboxylic acid groups (broad SMARTS) is 2. The molecule has 0 spiro atoms. The van der Waals surface area contributed by atoms with Gasteiger partial charge in [-0.1, -0.05) is 0 Å². The molecule has 1 heterocycles. The van der Waals surface area contributed by atoms with Crippen molar-refractivity contribution >= 4 is 54.4 Å². The van der Waals surface area contributed by atoms with E-state index in [-0.39, 0.29) is 0 Å². The van der Waals surface area contributed by atoms with Crippen LogP contribution in [0, 0.1) is 0 Å². The molecule has 0 amide bonds. The summed E-state index contributed by atoms with van der Waals surface area (Å²) < 4.78 is 1.03. The van der Waals surface area contributed by atoms with Crippen molar-refractivity contribution in [2.45, 2.75) is 10.5 Å². The Labute approximate surface area is 114 Å². The summed E-state index contributed by atoms with van der Waals surface area (Å²) in [6.07, 6.45) is 0. The molecule has 0 bridgehead atoms. The van der Waals surface area contributed by atoms with E-state index in [4.69, 9.17) is 15.9 Å². The number of benzene rings is 1. The third kappa shape index (κ3) is 2.79.